The molecule has 0 aliphatic carbocycles. The van der Waals surface area contributed by atoms with Crippen molar-refractivity contribution >= 4 is 10.1 Å². The van der Waals surface area contributed by atoms with E-state index in [0.717, 1.165) is 0 Å². The molecule has 0 bridgehead atoms. The van der Waals surface area contributed by atoms with E-state index in [9.17, 15) is 21.6 Å². The number of hydrogen-bond donors (Lipinski definition) is 0. The molecule has 6 nitrogen and oxygen atoms in total. The molecule has 118 valence electrons. The first-order chi connectivity index (χ1) is 9.02. The third-order valence-corrected chi connectivity index (χ3v) is 4.08. The van der Waals surface area contributed by atoms with Gasteiger partial charge in [-0.2, -0.15) is 21.6 Å². The summed E-state index contributed by atoms with van der Waals surface area (Å²) in [5, 5.41) is 0. The Bertz CT molecular complexity index is 460. The van der Waals surface area contributed by atoms with E-state index in [2.05, 4.69) is 4.18 Å². The molecule has 20 heavy (non-hydrogen) atoms. The van der Waals surface area contributed by atoms with Gasteiger partial charge < -0.3 is 14.2 Å². The highest BCUT2D eigenvalue weighted by Gasteiger charge is 2.52. The van der Waals surface area contributed by atoms with Crippen LogP contribution < -0.4 is 0 Å². The molecule has 2 aliphatic heterocycles. The molecule has 0 saturated carbocycles. The van der Waals surface area contributed by atoms with Gasteiger partial charge in [0.15, 0.2) is 5.79 Å². The van der Waals surface area contributed by atoms with Crippen LogP contribution in [0.5, 0.6) is 0 Å². The maximum absolute atomic E-state index is 12.3. The summed E-state index contributed by atoms with van der Waals surface area (Å²) in [5.74, 6) is -0.885. The molecule has 2 aliphatic rings. The van der Waals surface area contributed by atoms with Crippen LogP contribution >= 0.6 is 0 Å². The minimum atomic E-state index is -5.65. The van der Waals surface area contributed by atoms with Crippen molar-refractivity contribution in [3.8, 4) is 0 Å². The monoisotopic (exact) mass is 320 g/mol. The summed E-state index contributed by atoms with van der Waals surface area (Å²) >= 11 is 0. The summed E-state index contributed by atoms with van der Waals surface area (Å²) in [7, 11) is -5.65. The van der Waals surface area contributed by atoms with Crippen molar-refractivity contribution in [2.75, 3.05) is 13.2 Å². The van der Waals surface area contributed by atoms with Crippen LogP contribution in [0.15, 0.2) is 0 Å². The highest BCUT2D eigenvalue weighted by atomic mass is 32.2. The Morgan fingerprint density at radius 1 is 1.30 bits per heavy atom. The third-order valence-electron chi connectivity index (χ3n) is 3.01. The van der Waals surface area contributed by atoms with Gasteiger partial charge in [0.2, 0.25) is 0 Å². The second-order valence-corrected chi connectivity index (χ2v) is 6.59. The van der Waals surface area contributed by atoms with Crippen molar-refractivity contribution in [1.82, 2.24) is 0 Å². The maximum atomic E-state index is 12.3. The van der Waals surface area contributed by atoms with Crippen LogP contribution in [0.3, 0.4) is 0 Å². The maximum Gasteiger partial charge on any atom is 0.523 e. The summed E-state index contributed by atoms with van der Waals surface area (Å²) < 4.78 is 79.2. The smallest absolute Gasteiger partial charge is 0.373 e. The standard InChI is InChI=1S/C10H15F3O6S/c1-9(2)17-5-7(18-9)8-6(3-4-16-8)19-20(14,15)10(11,12)13/h6-8H,3-5H2,1-2H3/t6-,7-,8+/m1/s1. The third kappa shape index (κ3) is 3.25. The van der Waals surface area contributed by atoms with Crippen LogP contribution in [0, 0.1) is 0 Å². The second kappa shape index (κ2) is 5.09. The zero-order valence-electron chi connectivity index (χ0n) is 10.8. The Kier molecular flexibility index (Phi) is 4.06. The fourth-order valence-corrected chi connectivity index (χ4v) is 2.78. The van der Waals surface area contributed by atoms with E-state index in [-0.39, 0.29) is 19.6 Å². The van der Waals surface area contributed by atoms with Gasteiger partial charge in [-0.3, -0.25) is 4.18 Å². The number of ether oxygens (including phenoxy) is 3. The van der Waals surface area contributed by atoms with E-state index in [1.165, 1.54) is 0 Å². The molecule has 2 fully saturated rings. The van der Waals surface area contributed by atoms with Crippen LogP contribution in [0.25, 0.3) is 0 Å². The lowest BCUT2D eigenvalue weighted by Crippen LogP contribution is -2.41. The van der Waals surface area contributed by atoms with Gasteiger partial charge in [0.25, 0.3) is 0 Å². The van der Waals surface area contributed by atoms with Crippen molar-refractivity contribution < 1.29 is 40.0 Å². The Hall–Kier alpha value is -0.420. The van der Waals surface area contributed by atoms with E-state index in [1.807, 2.05) is 0 Å². The number of hydrogen-bond acceptors (Lipinski definition) is 6. The molecule has 3 atom stereocenters. The topological polar surface area (TPSA) is 71.1 Å². The highest BCUT2D eigenvalue weighted by molar-refractivity contribution is 7.87. The molecule has 0 aromatic heterocycles. The summed E-state index contributed by atoms with van der Waals surface area (Å²) in [6.45, 7) is 3.49. The molecule has 10 heteroatoms. The van der Waals surface area contributed by atoms with Crippen molar-refractivity contribution in [2.24, 2.45) is 0 Å². The van der Waals surface area contributed by atoms with E-state index >= 15 is 0 Å². The minimum absolute atomic E-state index is 0.0419. The minimum Gasteiger partial charge on any atom is -0.373 e. The van der Waals surface area contributed by atoms with Gasteiger partial charge in [0, 0.05) is 13.0 Å². The first kappa shape index (κ1) is 16.0. The van der Waals surface area contributed by atoms with Crippen LogP contribution in [0.1, 0.15) is 20.3 Å². The van der Waals surface area contributed by atoms with Crippen LogP contribution in [-0.2, 0) is 28.5 Å². The molecule has 2 heterocycles. The normalized spacial score (nSPS) is 34.5. The Morgan fingerprint density at radius 2 is 1.95 bits per heavy atom. The van der Waals surface area contributed by atoms with Crippen molar-refractivity contribution in [3.63, 3.8) is 0 Å². The average molecular weight is 320 g/mol. The van der Waals surface area contributed by atoms with Gasteiger partial charge in [0.05, 0.1) is 6.61 Å². The molecule has 0 radical (unpaired) electrons. The summed E-state index contributed by atoms with van der Waals surface area (Å²) in [5.41, 5.74) is -5.45. The van der Waals surface area contributed by atoms with Gasteiger partial charge in [-0.05, 0) is 13.8 Å². The second-order valence-electron chi connectivity index (χ2n) is 5.03. The first-order valence-corrected chi connectivity index (χ1v) is 7.36. The Balaban J connectivity index is 2.06. The van der Waals surface area contributed by atoms with Crippen LogP contribution in [0.2, 0.25) is 0 Å². The molecule has 0 amide bonds. The molecular formula is C10H15F3O6S. The van der Waals surface area contributed by atoms with E-state index in [1.54, 1.807) is 13.8 Å². The lowest BCUT2D eigenvalue weighted by atomic mass is 10.1. The van der Waals surface area contributed by atoms with Crippen molar-refractivity contribution in [1.29, 1.82) is 0 Å². The first-order valence-electron chi connectivity index (χ1n) is 5.95. The molecule has 2 saturated heterocycles. The van der Waals surface area contributed by atoms with Crippen molar-refractivity contribution in [2.45, 2.75) is 49.9 Å². The summed E-state index contributed by atoms with van der Waals surface area (Å²) in [6.07, 6.45) is -2.76. The Labute approximate surface area is 114 Å². The predicted molar refractivity (Wildman–Crippen MR) is 59.1 cm³/mol. The SMILES string of the molecule is CC1(C)OC[C@H]([C@H]2OCC[C@H]2OS(=O)(=O)C(F)(F)F)O1. The fraction of sp³-hybridized carbons (Fsp3) is 1.00. The van der Waals surface area contributed by atoms with Gasteiger partial charge in [-0.25, -0.2) is 0 Å². The largest absolute Gasteiger partial charge is 0.523 e. The molecule has 0 spiro atoms. The number of halogens is 3. The molecule has 0 N–H and O–H groups in total. The van der Waals surface area contributed by atoms with Gasteiger partial charge in [-0.15, -0.1) is 0 Å². The van der Waals surface area contributed by atoms with Crippen LogP contribution in [-0.4, -0.2) is 51.2 Å². The zero-order valence-corrected chi connectivity index (χ0v) is 11.7. The highest BCUT2D eigenvalue weighted by Crippen LogP contribution is 2.34. The van der Waals surface area contributed by atoms with E-state index in [0.29, 0.717) is 0 Å². The summed E-state index contributed by atoms with van der Waals surface area (Å²) in [6, 6.07) is 0. The quantitative estimate of drug-likeness (QED) is 0.574. The summed E-state index contributed by atoms with van der Waals surface area (Å²) in [4.78, 5) is 0. The number of rotatable bonds is 3. The number of alkyl halides is 3. The predicted octanol–water partition coefficient (Wildman–Crippen LogP) is 1.16. The fourth-order valence-electron chi connectivity index (χ4n) is 2.14. The molecule has 0 unspecified atom stereocenters. The van der Waals surface area contributed by atoms with E-state index < -0.39 is 39.7 Å². The molecule has 0 aromatic rings. The van der Waals surface area contributed by atoms with Crippen LogP contribution in [0.4, 0.5) is 13.2 Å². The van der Waals surface area contributed by atoms with E-state index in [4.69, 9.17) is 14.2 Å². The molecular weight excluding hydrogens is 305 g/mol. The Morgan fingerprint density at radius 3 is 2.45 bits per heavy atom. The lowest BCUT2D eigenvalue weighted by molar-refractivity contribution is -0.157. The molecule has 0 aromatic carbocycles. The van der Waals surface area contributed by atoms with Gasteiger partial charge >= 0.3 is 15.6 Å². The average Bonchev–Trinajstić information content (AvgIpc) is 2.82. The lowest BCUT2D eigenvalue weighted by Gasteiger charge is -2.24. The zero-order chi connectivity index (χ0) is 15.2. The van der Waals surface area contributed by atoms with Gasteiger partial charge in [-0.1, -0.05) is 0 Å². The van der Waals surface area contributed by atoms with Crippen molar-refractivity contribution in [3.05, 3.63) is 0 Å². The van der Waals surface area contributed by atoms with Gasteiger partial charge in [0.1, 0.15) is 18.3 Å². The molecule has 2 rings (SSSR count).